The van der Waals surface area contributed by atoms with Crippen LogP contribution in [-0.4, -0.2) is 23.4 Å². The predicted molar refractivity (Wildman–Crippen MR) is 85.4 cm³/mol. The lowest BCUT2D eigenvalue weighted by atomic mass is 10.3. The van der Waals surface area contributed by atoms with Gasteiger partial charge in [0.1, 0.15) is 16.5 Å². The molecule has 0 aliphatic rings. The molecule has 0 atom stereocenters. The Hall–Kier alpha value is -3.20. The van der Waals surface area contributed by atoms with E-state index >= 15 is 0 Å². The van der Waals surface area contributed by atoms with Crippen molar-refractivity contribution in [3.63, 3.8) is 0 Å². The van der Waals surface area contributed by atoms with Crippen molar-refractivity contribution in [2.45, 2.75) is 0 Å². The van der Waals surface area contributed by atoms with E-state index < -0.39 is 35.1 Å². The Labute approximate surface area is 145 Å². The molecule has 0 aliphatic carbocycles. The molecule has 0 bridgehead atoms. The quantitative estimate of drug-likeness (QED) is 0.363. The molecule has 0 saturated carbocycles. The van der Waals surface area contributed by atoms with Crippen LogP contribution in [0.25, 0.3) is 6.08 Å². The van der Waals surface area contributed by atoms with Gasteiger partial charge in [-0.15, -0.1) is 0 Å². The summed E-state index contributed by atoms with van der Waals surface area (Å²) in [5.41, 5.74) is -0.108. The summed E-state index contributed by atoms with van der Waals surface area (Å²) >= 11 is 5.59. The SMILES string of the molecule is O=C(COC(=O)/C=C/c1ccc([N+](=O)[O-])o1)Nc1ccc(Cl)cc1F. The number of esters is 1. The molecule has 0 fully saturated rings. The van der Waals surface area contributed by atoms with E-state index in [1.165, 1.54) is 18.2 Å². The van der Waals surface area contributed by atoms with Crippen LogP contribution in [0, 0.1) is 15.9 Å². The first-order chi connectivity index (χ1) is 11.8. The number of amides is 1. The lowest BCUT2D eigenvalue weighted by molar-refractivity contribution is -0.402. The average molecular weight is 369 g/mol. The second-order valence-electron chi connectivity index (χ2n) is 4.55. The van der Waals surface area contributed by atoms with Crippen LogP contribution in [-0.2, 0) is 14.3 Å². The van der Waals surface area contributed by atoms with Gasteiger partial charge in [0, 0.05) is 11.1 Å². The van der Waals surface area contributed by atoms with Gasteiger partial charge in [-0.2, -0.15) is 0 Å². The van der Waals surface area contributed by atoms with Crippen molar-refractivity contribution in [2.24, 2.45) is 0 Å². The Morgan fingerprint density at radius 1 is 1.36 bits per heavy atom. The summed E-state index contributed by atoms with van der Waals surface area (Å²) in [6.07, 6.45) is 2.07. The van der Waals surface area contributed by atoms with Gasteiger partial charge in [0.2, 0.25) is 0 Å². The molecule has 0 radical (unpaired) electrons. The zero-order chi connectivity index (χ0) is 18.4. The number of rotatable bonds is 6. The zero-order valence-electron chi connectivity index (χ0n) is 12.4. The fourth-order valence-corrected chi connectivity index (χ4v) is 1.80. The van der Waals surface area contributed by atoms with Crippen LogP contribution in [0.2, 0.25) is 5.02 Å². The number of carbonyl (C=O) groups excluding carboxylic acids is 2. The number of nitrogens with zero attached hydrogens (tertiary/aromatic N) is 1. The highest BCUT2D eigenvalue weighted by atomic mass is 35.5. The number of furan rings is 1. The van der Waals surface area contributed by atoms with Crippen LogP contribution in [0.4, 0.5) is 16.0 Å². The summed E-state index contributed by atoms with van der Waals surface area (Å²) in [7, 11) is 0. The molecule has 25 heavy (non-hydrogen) atoms. The van der Waals surface area contributed by atoms with E-state index in [0.717, 1.165) is 24.3 Å². The molecule has 1 aromatic heterocycles. The van der Waals surface area contributed by atoms with E-state index in [-0.39, 0.29) is 16.5 Å². The van der Waals surface area contributed by atoms with Crippen LogP contribution in [0.15, 0.2) is 40.8 Å². The second kappa shape index (κ2) is 8.06. The first kappa shape index (κ1) is 18.1. The Morgan fingerprint density at radius 2 is 2.12 bits per heavy atom. The molecule has 8 nitrogen and oxygen atoms in total. The van der Waals surface area contributed by atoms with Gasteiger partial charge in [0.25, 0.3) is 5.91 Å². The maximum atomic E-state index is 13.5. The van der Waals surface area contributed by atoms with Crippen molar-refractivity contribution in [3.05, 3.63) is 63.1 Å². The van der Waals surface area contributed by atoms with E-state index in [4.69, 9.17) is 16.0 Å². The third-order valence-electron chi connectivity index (χ3n) is 2.73. The van der Waals surface area contributed by atoms with Crippen molar-refractivity contribution in [2.75, 3.05) is 11.9 Å². The largest absolute Gasteiger partial charge is 0.452 e. The minimum atomic E-state index is -0.884. The highest BCUT2D eigenvalue weighted by Gasteiger charge is 2.11. The number of nitro groups is 1. The number of nitrogens with one attached hydrogen (secondary N) is 1. The molecule has 1 heterocycles. The molecule has 1 N–H and O–H groups in total. The Kier molecular flexibility index (Phi) is 5.85. The standard InChI is InChI=1S/C15H10ClFN2O6/c16-9-1-4-12(11(17)7-9)18-13(20)8-24-15(21)6-3-10-2-5-14(25-10)19(22)23/h1-7H,8H2,(H,18,20)/b6-3+. The lowest BCUT2D eigenvalue weighted by Gasteiger charge is -2.06. The van der Waals surface area contributed by atoms with E-state index in [9.17, 15) is 24.1 Å². The van der Waals surface area contributed by atoms with Crippen LogP contribution in [0.5, 0.6) is 0 Å². The molecule has 2 rings (SSSR count). The normalized spacial score (nSPS) is 10.6. The second-order valence-corrected chi connectivity index (χ2v) is 4.98. The third-order valence-corrected chi connectivity index (χ3v) is 2.96. The lowest BCUT2D eigenvalue weighted by Crippen LogP contribution is -2.20. The van der Waals surface area contributed by atoms with Gasteiger partial charge in [0.15, 0.2) is 6.61 Å². The number of ether oxygens (including phenoxy) is 1. The minimum Gasteiger partial charge on any atom is -0.452 e. The van der Waals surface area contributed by atoms with Gasteiger partial charge in [-0.1, -0.05) is 11.6 Å². The van der Waals surface area contributed by atoms with Crippen molar-refractivity contribution < 1.29 is 28.1 Å². The number of hydrogen-bond acceptors (Lipinski definition) is 6. The molecule has 10 heteroatoms. The van der Waals surface area contributed by atoms with E-state index in [2.05, 4.69) is 10.1 Å². The fourth-order valence-electron chi connectivity index (χ4n) is 1.64. The number of anilines is 1. The van der Waals surface area contributed by atoms with Crippen LogP contribution in [0.1, 0.15) is 5.76 Å². The van der Waals surface area contributed by atoms with Gasteiger partial charge in [-0.05, 0) is 30.3 Å². The van der Waals surface area contributed by atoms with E-state index in [1.54, 1.807) is 0 Å². The maximum absolute atomic E-state index is 13.5. The highest BCUT2D eigenvalue weighted by Crippen LogP contribution is 2.19. The number of hydrogen-bond donors (Lipinski definition) is 1. The predicted octanol–water partition coefficient (Wildman–Crippen LogP) is 3.18. The number of carbonyl (C=O) groups is 2. The first-order valence-corrected chi connectivity index (χ1v) is 7.07. The van der Waals surface area contributed by atoms with E-state index in [1.807, 2.05) is 0 Å². The Bertz CT molecular complexity index is 848. The van der Waals surface area contributed by atoms with Crippen molar-refractivity contribution in [1.29, 1.82) is 0 Å². The van der Waals surface area contributed by atoms with Crippen molar-refractivity contribution in [3.8, 4) is 0 Å². The molecule has 0 spiro atoms. The zero-order valence-corrected chi connectivity index (χ0v) is 13.2. The summed E-state index contributed by atoms with van der Waals surface area (Å²) in [5.74, 6) is -2.78. The molecule has 0 saturated heterocycles. The molecular formula is C15H10ClFN2O6. The highest BCUT2D eigenvalue weighted by molar-refractivity contribution is 6.30. The summed E-state index contributed by atoms with van der Waals surface area (Å²) in [6, 6.07) is 6.09. The topological polar surface area (TPSA) is 112 Å². The first-order valence-electron chi connectivity index (χ1n) is 6.69. The van der Waals surface area contributed by atoms with Crippen LogP contribution < -0.4 is 5.32 Å². The third kappa shape index (κ3) is 5.43. The van der Waals surface area contributed by atoms with Gasteiger partial charge < -0.3 is 14.5 Å². The van der Waals surface area contributed by atoms with Gasteiger partial charge in [-0.25, -0.2) is 9.18 Å². The number of halogens is 2. The van der Waals surface area contributed by atoms with Gasteiger partial charge >= 0.3 is 11.9 Å². The summed E-state index contributed by atoms with van der Waals surface area (Å²) in [6.45, 7) is -0.649. The van der Waals surface area contributed by atoms with Crippen molar-refractivity contribution >= 4 is 41.1 Å². The summed E-state index contributed by atoms with van der Waals surface area (Å²) in [4.78, 5) is 32.8. The molecule has 0 aliphatic heterocycles. The smallest absolute Gasteiger partial charge is 0.433 e. The Balaban J connectivity index is 1.83. The Morgan fingerprint density at radius 3 is 2.76 bits per heavy atom. The fraction of sp³-hybridized carbons (Fsp3) is 0.0667. The van der Waals surface area contributed by atoms with E-state index in [0.29, 0.717) is 0 Å². The molecule has 0 unspecified atom stereocenters. The minimum absolute atomic E-state index is 0.0661. The average Bonchev–Trinajstić information content (AvgIpc) is 3.03. The number of benzene rings is 1. The van der Waals surface area contributed by atoms with Gasteiger partial charge in [-0.3, -0.25) is 14.9 Å². The maximum Gasteiger partial charge on any atom is 0.433 e. The summed E-state index contributed by atoms with van der Waals surface area (Å²) in [5, 5.41) is 12.8. The summed E-state index contributed by atoms with van der Waals surface area (Å²) < 4.78 is 23.0. The molecule has 1 aromatic carbocycles. The van der Waals surface area contributed by atoms with Crippen LogP contribution in [0.3, 0.4) is 0 Å². The molecule has 1 amide bonds. The molecular weight excluding hydrogens is 359 g/mol. The van der Waals surface area contributed by atoms with Crippen LogP contribution >= 0.6 is 11.6 Å². The van der Waals surface area contributed by atoms with Crippen molar-refractivity contribution in [1.82, 2.24) is 0 Å². The van der Waals surface area contributed by atoms with Gasteiger partial charge in [0.05, 0.1) is 11.8 Å². The monoisotopic (exact) mass is 368 g/mol. The molecule has 130 valence electrons. The molecule has 2 aromatic rings.